The summed E-state index contributed by atoms with van der Waals surface area (Å²) in [5.74, 6) is -0.283. The van der Waals surface area contributed by atoms with Gasteiger partial charge in [-0.05, 0) is 24.1 Å². The molecule has 0 radical (unpaired) electrons. The third kappa shape index (κ3) is 5.49. The molecule has 0 aliphatic carbocycles. The van der Waals surface area contributed by atoms with Crippen molar-refractivity contribution >= 4 is 17.7 Å². The number of benzene rings is 1. The van der Waals surface area contributed by atoms with Crippen LogP contribution >= 0.6 is 11.8 Å². The highest BCUT2D eigenvalue weighted by atomic mass is 32.2. The number of nitrogens with zero attached hydrogens (tertiary/aromatic N) is 2. The van der Waals surface area contributed by atoms with E-state index in [1.54, 1.807) is 19.2 Å². The molecule has 0 aliphatic heterocycles. The molecule has 0 fully saturated rings. The van der Waals surface area contributed by atoms with Crippen LogP contribution in [0.1, 0.15) is 24.6 Å². The molecule has 0 saturated heterocycles. The van der Waals surface area contributed by atoms with Gasteiger partial charge in [-0.1, -0.05) is 37.2 Å². The van der Waals surface area contributed by atoms with E-state index in [-0.39, 0.29) is 23.0 Å². The van der Waals surface area contributed by atoms with Gasteiger partial charge in [-0.3, -0.25) is 9.59 Å². The molecule has 7 heteroatoms. The molecule has 0 saturated carbocycles. The number of hydrogen-bond donors (Lipinski definition) is 1. The minimum absolute atomic E-state index is 0.118. The van der Waals surface area contributed by atoms with E-state index in [4.69, 9.17) is 0 Å². The summed E-state index contributed by atoms with van der Waals surface area (Å²) in [5.41, 5.74) is 1.24. The van der Waals surface area contributed by atoms with E-state index < -0.39 is 0 Å². The zero-order valence-corrected chi connectivity index (χ0v) is 14.5. The lowest BCUT2D eigenvalue weighted by atomic mass is 10.2. The lowest BCUT2D eigenvalue weighted by Crippen LogP contribution is -2.28. The summed E-state index contributed by atoms with van der Waals surface area (Å²) in [6, 6.07) is 7.64. The predicted octanol–water partition coefficient (Wildman–Crippen LogP) is 2.61. The molecule has 1 aromatic carbocycles. The zero-order chi connectivity index (χ0) is 17.5. The Balaban J connectivity index is 1.93. The number of aromatic nitrogens is 2. The van der Waals surface area contributed by atoms with E-state index in [1.807, 2.05) is 6.92 Å². The topological polar surface area (TPSA) is 66.1 Å². The highest BCUT2D eigenvalue weighted by molar-refractivity contribution is 7.99. The normalized spacial score (nSPS) is 10.6. The average molecular weight is 349 g/mol. The summed E-state index contributed by atoms with van der Waals surface area (Å²) >= 11 is 1.19. The first-order valence-corrected chi connectivity index (χ1v) is 8.68. The van der Waals surface area contributed by atoms with Gasteiger partial charge in [0.15, 0.2) is 5.16 Å². The van der Waals surface area contributed by atoms with Crippen molar-refractivity contribution in [1.29, 1.82) is 0 Å². The van der Waals surface area contributed by atoms with Crippen molar-refractivity contribution in [2.45, 2.75) is 31.5 Å². The third-order valence-electron chi connectivity index (χ3n) is 3.35. The van der Waals surface area contributed by atoms with Crippen LogP contribution in [0.3, 0.4) is 0 Å². The highest BCUT2D eigenvalue weighted by Gasteiger charge is 2.12. The molecule has 2 rings (SSSR count). The molecule has 128 valence electrons. The van der Waals surface area contributed by atoms with Crippen molar-refractivity contribution in [2.75, 3.05) is 12.8 Å². The van der Waals surface area contributed by atoms with Crippen molar-refractivity contribution in [3.05, 3.63) is 57.8 Å². The van der Waals surface area contributed by atoms with Crippen molar-refractivity contribution in [1.82, 2.24) is 14.9 Å². The van der Waals surface area contributed by atoms with Crippen molar-refractivity contribution in [3.8, 4) is 0 Å². The molecule has 0 aliphatic rings. The van der Waals surface area contributed by atoms with Gasteiger partial charge in [0.1, 0.15) is 5.82 Å². The number of halogens is 1. The lowest BCUT2D eigenvalue weighted by molar-refractivity contribution is -0.127. The molecule has 1 aromatic heterocycles. The Hall–Kier alpha value is -2.15. The Labute approximate surface area is 144 Å². The number of carbonyl (C=O) groups excluding carboxylic acids is 1. The number of rotatable bonds is 7. The number of H-pyrrole nitrogens is 1. The van der Waals surface area contributed by atoms with Gasteiger partial charge in [-0.2, -0.15) is 0 Å². The third-order valence-corrected chi connectivity index (χ3v) is 4.20. The number of thioether (sulfide) groups is 1. The first-order chi connectivity index (χ1) is 11.5. The lowest BCUT2D eigenvalue weighted by Gasteiger charge is -2.17. The van der Waals surface area contributed by atoms with Crippen LogP contribution in [-0.4, -0.2) is 33.6 Å². The number of aromatic amines is 1. The summed E-state index contributed by atoms with van der Waals surface area (Å²) in [6.45, 7) is 2.34. The van der Waals surface area contributed by atoms with Gasteiger partial charge >= 0.3 is 0 Å². The molecule has 0 spiro atoms. The molecule has 24 heavy (non-hydrogen) atoms. The fraction of sp³-hybridized carbons (Fsp3) is 0.353. The van der Waals surface area contributed by atoms with Crippen molar-refractivity contribution in [3.63, 3.8) is 0 Å². The van der Waals surface area contributed by atoms with Crippen LogP contribution in [0.2, 0.25) is 0 Å². The van der Waals surface area contributed by atoms with Crippen molar-refractivity contribution in [2.24, 2.45) is 0 Å². The minimum atomic E-state index is -0.322. The molecule has 0 unspecified atom stereocenters. The SMILES string of the molecule is CCCc1cc(=O)[nH]c(SCC(=O)N(C)Cc2cccc(F)c2)n1. The van der Waals surface area contributed by atoms with Crippen LogP contribution in [0, 0.1) is 5.82 Å². The van der Waals surface area contributed by atoms with Gasteiger partial charge < -0.3 is 9.88 Å². The van der Waals surface area contributed by atoms with E-state index in [0.29, 0.717) is 11.7 Å². The van der Waals surface area contributed by atoms with Crippen molar-refractivity contribution < 1.29 is 9.18 Å². The Morgan fingerprint density at radius 3 is 2.88 bits per heavy atom. The van der Waals surface area contributed by atoms with Gasteiger partial charge in [-0.15, -0.1) is 0 Å². The fourth-order valence-electron chi connectivity index (χ4n) is 2.17. The van der Waals surface area contributed by atoms with Crippen LogP contribution in [0.15, 0.2) is 40.3 Å². The first-order valence-electron chi connectivity index (χ1n) is 7.69. The summed E-state index contributed by atoms with van der Waals surface area (Å²) in [5, 5.41) is 0.443. The summed E-state index contributed by atoms with van der Waals surface area (Å²) < 4.78 is 13.2. The maximum atomic E-state index is 13.2. The molecular formula is C17H20FN3O2S. The second-order valence-corrected chi connectivity index (χ2v) is 6.42. The van der Waals surface area contributed by atoms with E-state index >= 15 is 0 Å². The number of amides is 1. The van der Waals surface area contributed by atoms with Gasteiger partial charge in [-0.25, -0.2) is 9.37 Å². The molecule has 1 amide bonds. The number of carbonyl (C=O) groups is 1. The zero-order valence-electron chi connectivity index (χ0n) is 13.7. The predicted molar refractivity (Wildman–Crippen MR) is 92.5 cm³/mol. The summed E-state index contributed by atoms with van der Waals surface area (Å²) in [6.07, 6.45) is 1.63. The van der Waals surface area contributed by atoms with Gasteiger partial charge in [0.2, 0.25) is 5.91 Å². The Morgan fingerprint density at radius 2 is 2.17 bits per heavy atom. The largest absolute Gasteiger partial charge is 0.341 e. The number of hydrogen-bond acceptors (Lipinski definition) is 4. The van der Waals surface area contributed by atoms with E-state index in [9.17, 15) is 14.0 Å². The molecule has 2 aromatic rings. The van der Waals surface area contributed by atoms with Crippen LogP contribution in [-0.2, 0) is 17.8 Å². The summed E-state index contributed by atoms with van der Waals surface area (Å²) in [4.78, 5) is 32.3. The number of nitrogens with one attached hydrogen (secondary N) is 1. The van der Waals surface area contributed by atoms with E-state index in [1.165, 1.54) is 34.9 Å². The standard InChI is InChI=1S/C17H20FN3O2S/c1-3-5-14-9-15(22)20-17(19-14)24-11-16(23)21(2)10-12-6-4-7-13(18)8-12/h4,6-9H,3,5,10-11H2,1-2H3,(H,19,20,22). The molecule has 5 nitrogen and oxygen atoms in total. The van der Waals surface area contributed by atoms with Crippen LogP contribution < -0.4 is 5.56 Å². The van der Waals surface area contributed by atoms with Crippen LogP contribution in [0.25, 0.3) is 0 Å². The maximum Gasteiger partial charge on any atom is 0.251 e. The van der Waals surface area contributed by atoms with E-state index in [0.717, 1.165) is 24.1 Å². The Kier molecular flexibility index (Phi) is 6.54. The van der Waals surface area contributed by atoms with E-state index in [2.05, 4.69) is 9.97 Å². The molecule has 0 bridgehead atoms. The smallest absolute Gasteiger partial charge is 0.251 e. The van der Waals surface area contributed by atoms with Crippen LogP contribution in [0.5, 0.6) is 0 Å². The molecule has 1 heterocycles. The molecular weight excluding hydrogens is 329 g/mol. The van der Waals surface area contributed by atoms with Gasteiger partial charge in [0, 0.05) is 25.4 Å². The average Bonchev–Trinajstić information content (AvgIpc) is 2.52. The highest BCUT2D eigenvalue weighted by Crippen LogP contribution is 2.14. The second-order valence-electron chi connectivity index (χ2n) is 5.46. The molecule has 1 N–H and O–H groups in total. The molecule has 0 atom stereocenters. The minimum Gasteiger partial charge on any atom is -0.341 e. The first kappa shape index (κ1) is 18.2. The van der Waals surface area contributed by atoms with Crippen LogP contribution in [0.4, 0.5) is 4.39 Å². The number of aryl methyl sites for hydroxylation is 1. The monoisotopic (exact) mass is 349 g/mol. The van der Waals surface area contributed by atoms with Gasteiger partial charge in [0.05, 0.1) is 5.75 Å². The fourth-order valence-corrected chi connectivity index (χ4v) is 3.01. The quantitative estimate of drug-likeness (QED) is 0.616. The second kappa shape index (κ2) is 8.63. The van der Waals surface area contributed by atoms with Gasteiger partial charge in [0.25, 0.3) is 5.56 Å². The Bertz CT molecular complexity index is 763. The summed E-state index contributed by atoms with van der Waals surface area (Å²) in [7, 11) is 1.66. The maximum absolute atomic E-state index is 13.2. The Morgan fingerprint density at radius 1 is 1.38 bits per heavy atom.